The molecule has 5 atom stereocenters. The number of carbonyl (C=O) groups excluding carboxylic acids is 4. The summed E-state index contributed by atoms with van der Waals surface area (Å²) in [5.74, 6) is -0.325. The van der Waals surface area contributed by atoms with Crippen LogP contribution in [0.5, 0.6) is 0 Å². The summed E-state index contributed by atoms with van der Waals surface area (Å²) >= 11 is 1.53. The van der Waals surface area contributed by atoms with Crippen LogP contribution in [-0.2, 0) is 19.1 Å². The number of hydrogen-bond donors (Lipinski definition) is 6. The summed E-state index contributed by atoms with van der Waals surface area (Å²) in [5, 5.41) is 25.3. The molecule has 0 saturated carbocycles. The van der Waals surface area contributed by atoms with Crippen molar-refractivity contribution in [3.05, 3.63) is 12.3 Å². The third kappa shape index (κ3) is 17.5. The highest BCUT2D eigenvalue weighted by molar-refractivity contribution is 7.98. The first-order valence-electron chi connectivity index (χ1n) is 15.5. The van der Waals surface area contributed by atoms with E-state index < -0.39 is 42.1 Å². The van der Waals surface area contributed by atoms with Crippen molar-refractivity contribution in [3.8, 4) is 0 Å². The molecule has 0 aliphatic carbocycles. The molecule has 254 valence electrons. The Kier molecular flexibility index (Phi) is 21.2. The number of alkyl carbamates (subject to hydrolysis) is 1. The van der Waals surface area contributed by atoms with E-state index in [0.717, 1.165) is 0 Å². The summed E-state index contributed by atoms with van der Waals surface area (Å²) in [7, 11) is 1.57. The first-order chi connectivity index (χ1) is 20.7. The van der Waals surface area contributed by atoms with E-state index >= 15 is 0 Å². The molecule has 4 amide bonds. The minimum Gasteiger partial charge on any atom is -0.441 e. The van der Waals surface area contributed by atoms with E-state index in [9.17, 15) is 24.3 Å². The molecule has 0 aliphatic rings. The smallest absolute Gasteiger partial charge is 0.408 e. The Hall–Kier alpha value is -2.80. The number of aliphatic hydroxyl groups is 1. The standard InChI is InChI=1S/C31H58N6O6S/c1-11-13-33-26(32-9)18-43-31(42)36-23(12-14-44-10)29(40)35-24(15-19(2)3)25(38)16-22(8)28(39)37-27(21(6)7)30(41)34-17-20(4)5/h11,13,19-25,27,38H,12,14-18H2,1-10H3,(H,32,33)(H,34,41)(H,35,40)(H,36,42)(H,37,39)/b13-11+/t22-,23+,24+,25+,27+/m1/s1. The van der Waals surface area contributed by atoms with Crippen LogP contribution in [0.2, 0.25) is 0 Å². The lowest BCUT2D eigenvalue weighted by molar-refractivity contribution is -0.132. The fourth-order valence-corrected chi connectivity index (χ4v) is 4.63. The van der Waals surface area contributed by atoms with Gasteiger partial charge in [-0.05, 0) is 62.1 Å². The second-order valence-corrected chi connectivity index (χ2v) is 13.2. The van der Waals surface area contributed by atoms with Crippen LogP contribution in [0.4, 0.5) is 4.79 Å². The quantitative estimate of drug-likeness (QED) is 0.0870. The molecule has 0 bridgehead atoms. The van der Waals surface area contributed by atoms with Gasteiger partial charge < -0.3 is 36.4 Å². The number of carbonyl (C=O) groups is 4. The Bertz CT molecular complexity index is 943. The molecular formula is C31H58N6O6S. The summed E-state index contributed by atoms with van der Waals surface area (Å²) in [6, 6.07) is -2.25. The zero-order valence-corrected chi connectivity index (χ0v) is 29.2. The topological polar surface area (TPSA) is 170 Å². The van der Waals surface area contributed by atoms with Gasteiger partial charge in [-0.1, -0.05) is 54.5 Å². The Morgan fingerprint density at radius 2 is 1.57 bits per heavy atom. The maximum atomic E-state index is 13.4. The van der Waals surface area contributed by atoms with Crippen molar-refractivity contribution >= 4 is 41.4 Å². The van der Waals surface area contributed by atoms with Crippen molar-refractivity contribution in [3.63, 3.8) is 0 Å². The van der Waals surface area contributed by atoms with Gasteiger partial charge in [-0.15, -0.1) is 0 Å². The molecule has 0 aromatic heterocycles. The van der Waals surface area contributed by atoms with Gasteiger partial charge in [0, 0.05) is 19.5 Å². The van der Waals surface area contributed by atoms with Crippen LogP contribution in [0.1, 0.15) is 74.7 Å². The van der Waals surface area contributed by atoms with Gasteiger partial charge in [-0.25, -0.2) is 4.79 Å². The second-order valence-electron chi connectivity index (χ2n) is 12.2. The van der Waals surface area contributed by atoms with Crippen molar-refractivity contribution in [2.45, 2.75) is 98.9 Å². The normalized spacial score (nSPS) is 15.5. The summed E-state index contributed by atoms with van der Waals surface area (Å²) in [4.78, 5) is 55.7. The first-order valence-corrected chi connectivity index (χ1v) is 16.9. The number of nitrogens with zero attached hydrogens (tertiary/aromatic N) is 1. The fourth-order valence-electron chi connectivity index (χ4n) is 4.15. The van der Waals surface area contributed by atoms with E-state index in [1.54, 1.807) is 26.2 Å². The average Bonchev–Trinajstić information content (AvgIpc) is 2.95. The molecule has 0 radical (unpaired) electrons. The van der Waals surface area contributed by atoms with Gasteiger partial charge in [0.2, 0.25) is 17.7 Å². The lowest BCUT2D eigenvalue weighted by atomic mass is 9.91. The lowest BCUT2D eigenvalue weighted by Crippen LogP contribution is -2.54. The van der Waals surface area contributed by atoms with Crippen molar-refractivity contribution < 1.29 is 29.0 Å². The maximum Gasteiger partial charge on any atom is 0.408 e. The van der Waals surface area contributed by atoms with Crippen LogP contribution in [0.25, 0.3) is 0 Å². The number of aliphatic imine (C=N–C) groups is 1. The molecule has 12 nitrogen and oxygen atoms in total. The Morgan fingerprint density at radius 3 is 2.09 bits per heavy atom. The molecule has 0 aromatic rings. The van der Waals surface area contributed by atoms with Crippen LogP contribution in [0, 0.1) is 23.7 Å². The number of allylic oxidation sites excluding steroid dienone is 1. The molecule has 0 saturated heterocycles. The van der Waals surface area contributed by atoms with Crippen molar-refractivity contribution in [1.82, 2.24) is 26.6 Å². The zero-order valence-electron chi connectivity index (χ0n) is 28.4. The molecule has 0 rings (SSSR count). The summed E-state index contributed by atoms with van der Waals surface area (Å²) in [6.45, 7) is 15.6. The molecule has 0 aliphatic heterocycles. The average molecular weight is 643 g/mol. The Morgan fingerprint density at radius 1 is 0.909 bits per heavy atom. The molecule has 0 heterocycles. The third-order valence-electron chi connectivity index (χ3n) is 6.74. The minimum absolute atomic E-state index is 0.0746. The largest absolute Gasteiger partial charge is 0.441 e. The third-order valence-corrected chi connectivity index (χ3v) is 7.38. The van der Waals surface area contributed by atoms with Gasteiger partial charge in [0.25, 0.3) is 0 Å². The van der Waals surface area contributed by atoms with Crippen LogP contribution in [0.3, 0.4) is 0 Å². The number of amidine groups is 1. The van der Waals surface area contributed by atoms with Crippen LogP contribution in [0.15, 0.2) is 17.3 Å². The molecule has 0 unspecified atom stereocenters. The fraction of sp³-hybridized carbons (Fsp3) is 0.774. The number of nitrogens with one attached hydrogen (secondary N) is 5. The van der Waals surface area contributed by atoms with E-state index in [2.05, 4.69) is 31.6 Å². The van der Waals surface area contributed by atoms with Gasteiger partial charge in [0.1, 0.15) is 17.9 Å². The predicted molar refractivity (Wildman–Crippen MR) is 178 cm³/mol. The predicted octanol–water partition coefficient (Wildman–Crippen LogP) is 2.82. The van der Waals surface area contributed by atoms with Gasteiger partial charge in [-0.2, -0.15) is 11.8 Å². The van der Waals surface area contributed by atoms with Crippen LogP contribution < -0.4 is 26.6 Å². The molecular weight excluding hydrogens is 584 g/mol. The zero-order chi connectivity index (χ0) is 33.8. The van der Waals surface area contributed by atoms with Gasteiger partial charge in [0.05, 0.1) is 12.1 Å². The van der Waals surface area contributed by atoms with Crippen LogP contribution >= 0.6 is 11.8 Å². The Balaban J connectivity index is 5.48. The highest BCUT2D eigenvalue weighted by Crippen LogP contribution is 2.17. The van der Waals surface area contributed by atoms with E-state index in [0.29, 0.717) is 31.0 Å². The van der Waals surface area contributed by atoms with Crippen molar-refractivity contribution in [2.24, 2.45) is 28.7 Å². The number of aliphatic hydroxyl groups excluding tert-OH is 1. The number of thioether (sulfide) groups is 1. The summed E-state index contributed by atoms with van der Waals surface area (Å²) < 4.78 is 5.25. The Labute approximate surface area is 268 Å². The number of rotatable bonds is 20. The van der Waals surface area contributed by atoms with E-state index in [1.165, 1.54) is 11.8 Å². The molecule has 0 spiro atoms. The molecule has 6 N–H and O–H groups in total. The minimum atomic E-state index is -1.04. The number of amides is 4. The molecule has 0 fully saturated rings. The number of ether oxygens (including phenoxy) is 1. The van der Waals surface area contributed by atoms with Crippen LogP contribution in [-0.4, -0.2) is 91.2 Å². The van der Waals surface area contributed by atoms with Crippen molar-refractivity contribution in [2.75, 3.05) is 32.2 Å². The van der Waals surface area contributed by atoms with Gasteiger partial charge in [0.15, 0.2) is 6.61 Å². The van der Waals surface area contributed by atoms with E-state index in [-0.39, 0.29) is 42.6 Å². The van der Waals surface area contributed by atoms with E-state index in [1.807, 2.05) is 54.7 Å². The number of hydrogen-bond acceptors (Lipinski definition) is 8. The monoisotopic (exact) mass is 642 g/mol. The highest BCUT2D eigenvalue weighted by Gasteiger charge is 2.31. The summed E-state index contributed by atoms with van der Waals surface area (Å²) in [5.41, 5.74) is 0. The van der Waals surface area contributed by atoms with Gasteiger partial charge >= 0.3 is 6.09 Å². The van der Waals surface area contributed by atoms with Gasteiger partial charge in [-0.3, -0.25) is 19.4 Å². The molecule has 0 aromatic carbocycles. The highest BCUT2D eigenvalue weighted by atomic mass is 32.2. The SMILES string of the molecule is C/C=C/NC(COC(=O)N[C@@H](CCSC)C(=O)N[C@@H](CC(C)C)[C@@H](O)C[C@@H](C)C(=O)N[C@H](C(=O)NCC(C)C)C(C)C)=NC. The summed E-state index contributed by atoms with van der Waals surface area (Å²) in [6.07, 6.45) is 4.42. The van der Waals surface area contributed by atoms with Crippen molar-refractivity contribution in [1.29, 1.82) is 0 Å². The maximum absolute atomic E-state index is 13.4. The lowest BCUT2D eigenvalue weighted by Gasteiger charge is -2.30. The second kappa shape index (κ2) is 22.7. The molecule has 13 heteroatoms. The molecule has 44 heavy (non-hydrogen) atoms. The first kappa shape index (κ1) is 41.2. The van der Waals surface area contributed by atoms with E-state index in [4.69, 9.17) is 4.74 Å².